The van der Waals surface area contributed by atoms with Crippen LogP contribution in [0.4, 0.5) is 17.6 Å². The van der Waals surface area contributed by atoms with E-state index in [1.807, 2.05) is 0 Å². The van der Waals surface area contributed by atoms with Crippen LogP contribution in [0.3, 0.4) is 0 Å². The summed E-state index contributed by atoms with van der Waals surface area (Å²) < 4.78 is 55.1. The van der Waals surface area contributed by atoms with E-state index in [2.05, 4.69) is 20.9 Å². The van der Waals surface area contributed by atoms with Gasteiger partial charge < -0.3 is 0 Å². The molecule has 1 aromatic heterocycles. The molecule has 0 bridgehead atoms. The highest BCUT2D eigenvalue weighted by molar-refractivity contribution is 9.10. The van der Waals surface area contributed by atoms with E-state index in [4.69, 9.17) is 0 Å². The van der Waals surface area contributed by atoms with Crippen molar-refractivity contribution in [2.75, 3.05) is 0 Å². The van der Waals surface area contributed by atoms with Crippen LogP contribution in [0.2, 0.25) is 0 Å². The molecule has 104 valence electrons. The monoisotopic (exact) mass is 347 g/mol. The van der Waals surface area contributed by atoms with Crippen LogP contribution in [0, 0.1) is 11.6 Å². The summed E-state index contributed by atoms with van der Waals surface area (Å²) in [5.74, 6) is -8.79. The van der Waals surface area contributed by atoms with Crippen LogP contribution in [0.25, 0.3) is 0 Å². The molecule has 0 aliphatic carbocycles. The van der Waals surface area contributed by atoms with Crippen LogP contribution in [0.1, 0.15) is 16.1 Å². The Bertz CT molecular complexity index is 655. The lowest BCUT2D eigenvalue weighted by Gasteiger charge is -2.15. The Morgan fingerprint density at radius 2 is 1.75 bits per heavy atom. The average molecular weight is 348 g/mol. The zero-order valence-electron chi connectivity index (χ0n) is 9.71. The van der Waals surface area contributed by atoms with Crippen LogP contribution in [-0.4, -0.2) is 10.8 Å². The minimum atomic E-state index is -4.13. The highest BCUT2D eigenvalue weighted by Gasteiger charge is 2.45. The van der Waals surface area contributed by atoms with E-state index in [9.17, 15) is 22.4 Å². The largest absolute Gasteiger partial charge is 0.351 e. The third kappa shape index (κ3) is 2.58. The van der Waals surface area contributed by atoms with Gasteiger partial charge in [-0.15, -0.1) is 0 Å². The molecule has 2 aromatic rings. The maximum atomic E-state index is 14.0. The van der Waals surface area contributed by atoms with E-state index in [1.54, 1.807) is 0 Å². The highest BCUT2D eigenvalue weighted by Crippen LogP contribution is 2.33. The van der Waals surface area contributed by atoms with Crippen LogP contribution >= 0.6 is 15.9 Å². The molecule has 0 aliphatic heterocycles. The van der Waals surface area contributed by atoms with E-state index in [0.29, 0.717) is 0 Å². The fourth-order valence-corrected chi connectivity index (χ4v) is 1.90. The zero-order valence-corrected chi connectivity index (χ0v) is 11.3. The number of ketones is 1. The molecule has 0 spiro atoms. The van der Waals surface area contributed by atoms with Crippen molar-refractivity contribution in [3.05, 3.63) is 63.9 Å². The Labute approximate surface area is 119 Å². The minimum absolute atomic E-state index is 0.268. The third-order valence-corrected chi connectivity index (χ3v) is 3.01. The van der Waals surface area contributed by atoms with Crippen molar-refractivity contribution in [3.8, 4) is 0 Å². The van der Waals surface area contributed by atoms with Crippen molar-refractivity contribution in [2.45, 2.75) is 5.92 Å². The molecule has 7 heteroatoms. The molecule has 0 radical (unpaired) electrons. The normalized spacial score (nSPS) is 11.4. The van der Waals surface area contributed by atoms with Crippen LogP contribution < -0.4 is 0 Å². The predicted molar refractivity (Wildman–Crippen MR) is 66.5 cm³/mol. The Balaban J connectivity index is 2.52. The fraction of sp³-hybridized carbons (Fsp3) is 0.0769. The molecule has 20 heavy (non-hydrogen) atoms. The van der Waals surface area contributed by atoms with E-state index >= 15 is 0 Å². The minimum Gasteiger partial charge on any atom is -0.287 e. The maximum absolute atomic E-state index is 14.0. The summed E-state index contributed by atoms with van der Waals surface area (Å²) >= 11 is 2.96. The van der Waals surface area contributed by atoms with Gasteiger partial charge in [0.25, 0.3) is 0 Å². The number of pyridine rings is 1. The second-order valence-corrected chi connectivity index (χ2v) is 4.78. The second-order valence-electron chi connectivity index (χ2n) is 3.86. The molecule has 0 amide bonds. The molecule has 0 N–H and O–H groups in total. The van der Waals surface area contributed by atoms with Gasteiger partial charge in [-0.25, -0.2) is 8.78 Å². The van der Waals surface area contributed by atoms with E-state index in [-0.39, 0.29) is 4.47 Å². The molecule has 0 aliphatic rings. The summed E-state index contributed by atoms with van der Waals surface area (Å²) in [6, 6.07) is 4.75. The van der Waals surface area contributed by atoms with E-state index in [0.717, 1.165) is 30.5 Å². The van der Waals surface area contributed by atoms with Gasteiger partial charge in [0.1, 0.15) is 17.3 Å². The SMILES string of the molecule is O=C(c1c(F)cccc1F)C(F)(F)c1cc(Br)ccn1. The number of Topliss-reactive ketones (excluding diaryl/α,β-unsaturated/α-hetero) is 1. The molecule has 2 rings (SSSR count). The number of benzene rings is 1. The number of halogens is 5. The third-order valence-electron chi connectivity index (χ3n) is 2.52. The lowest BCUT2D eigenvalue weighted by Crippen LogP contribution is -2.29. The highest BCUT2D eigenvalue weighted by atomic mass is 79.9. The summed E-state index contributed by atoms with van der Waals surface area (Å²) in [5, 5.41) is 0. The van der Waals surface area contributed by atoms with Crippen molar-refractivity contribution in [3.63, 3.8) is 0 Å². The number of rotatable bonds is 3. The number of alkyl halides is 2. The molecule has 1 heterocycles. The number of hydrogen-bond donors (Lipinski definition) is 0. The molecule has 0 saturated heterocycles. The summed E-state index contributed by atoms with van der Waals surface area (Å²) in [5.41, 5.74) is -2.17. The fourth-order valence-electron chi connectivity index (χ4n) is 1.56. The quantitative estimate of drug-likeness (QED) is 0.618. The molecule has 2 nitrogen and oxygen atoms in total. The first-order valence-corrected chi connectivity index (χ1v) is 6.12. The summed E-state index contributed by atoms with van der Waals surface area (Å²) in [6.45, 7) is 0. The molecule has 1 aromatic carbocycles. The predicted octanol–water partition coefficient (Wildman–Crippen LogP) is 4.10. The average Bonchev–Trinajstić information content (AvgIpc) is 2.38. The first kappa shape index (κ1) is 14.6. The number of aromatic nitrogens is 1. The number of hydrogen-bond acceptors (Lipinski definition) is 2. The van der Waals surface area contributed by atoms with Crippen molar-refractivity contribution in [1.29, 1.82) is 0 Å². The van der Waals surface area contributed by atoms with Gasteiger partial charge in [-0.2, -0.15) is 8.78 Å². The Hall–Kier alpha value is -1.76. The van der Waals surface area contributed by atoms with Crippen LogP contribution in [0.15, 0.2) is 41.0 Å². The van der Waals surface area contributed by atoms with Gasteiger partial charge >= 0.3 is 5.92 Å². The number of nitrogens with zero attached hydrogens (tertiary/aromatic N) is 1. The van der Waals surface area contributed by atoms with Crippen molar-refractivity contribution >= 4 is 21.7 Å². The summed E-state index contributed by atoms with van der Waals surface area (Å²) in [7, 11) is 0. The molecule has 0 atom stereocenters. The van der Waals surface area contributed by atoms with Crippen molar-refractivity contribution < 1.29 is 22.4 Å². The van der Waals surface area contributed by atoms with Crippen LogP contribution in [0.5, 0.6) is 0 Å². The topological polar surface area (TPSA) is 30.0 Å². The Morgan fingerprint density at radius 1 is 1.15 bits per heavy atom. The molecular weight excluding hydrogens is 342 g/mol. The lowest BCUT2D eigenvalue weighted by atomic mass is 10.0. The van der Waals surface area contributed by atoms with Gasteiger partial charge in [-0.3, -0.25) is 9.78 Å². The first-order valence-electron chi connectivity index (χ1n) is 5.32. The van der Waals surface area contributed by atoms with Gasteiger partial charge in [-0.1, -0.05) is 22.0 Å². The number of carbonyl (C=O) groups is 1. The van der Waals surface area contributed by atoms with Gasteiger partial charge in [-0.05, 0) is 24.3 Å². The van der Waals surface area contributed by atoms with Crippen LogP contribution in [-0.2, 0) is 5.92 Å². The second kappa shape index (κ2) is 5.32. The molecular formula is C13H6BrF4NO. The first-order chi connectivity index (χ1) is 9.34. The molecule has 0 saturated carbocycles. The molecule has 0 unspecified atom stereocenters. The standard InChI is InChI=1S/C13H6BrF4NO/c14-7-4-5-19-10(6-7)13(17,18)12(20)11-8(15)2-1-3-9(11)16/h1-6H. The van der Waals surface area contributed by atoms with Gasteiger partial charge in [0, 0.05) is 10.7 Å². The van der Waals surface area contributed by atoms with Gasteiger partial charge in [0.15, 0.2) is 0 Å². The lowest BCUT2D eigenvalue weighted by molar-refractivity contribution is 0.00381. The van der Waals surface area contributed by atoms with Gasteiger partial charge in [0.2, 0.25) is 5.78 Å². The van der Waals surface area contributed by atoms with Crippen molar-refractivity contribution in [1.82, 2.24) is 4.98 Å². The molecule has 0 fully saturated rings. The smallest absolute Gasteiger partial charge is 0.287 e. The maximum Gasteiger partial charge on any atom is 0.351 e. The summed E-state index contributed by atoms with van der Waals surface area (Å²) in [6.07, 6.45) is 1.05. The zero-order chi connectivity index (χ0) is 14.9. The Kier molecular flexibility index (Phi) is 3.89. The van der Waals surface area contributed by atoms with E-state index < -0.39 is 34.6 Å². The Morgan fingerprint density at radius 3 is 2.30 bits per heavy atom. The van der Waals surface area contributed by atoms with E-state index in [1.165, 1.54) is 6.07 Å². The van der Waals surface area contributed by atoms with Gasteiger partial charge in [0.05, 0.1) is 5.56 Å². The summed E-state index contributed by atoms with van der Waals surface area (Å²) in [4.78, 5) is 15.1. The number of carbonyl (C=O) groups excluding carboxylic acids is 1. The van der Waals surface area contributed by atoms with Crippen molar-refractivity contribution in [2.24, 2.45) is 0 Å².